The Morgan fingerprint density at radius 2 is 1.30 bits per heavy atom. The van der Waals surface area contributed by atoms with Crippen molar-refractivity contribution in [2.45, 2.75) is 50.2 Å². The first kappa shape index (κ1) is 31.0. The van der Waals surface area contributed by atoms with Crippen LogP contribution in [0.15, 0.2) is 116 Å². The van der Waals surface area contributed by atoms with E-state index < -0.39 is 38.4 Å². The predicted molar refractivity (Wildman–Crippen MR) is 172 cm³/mol. The van der Waals surface area contributed by atoms with Gasteiger partial charge in [0.15, 0.2) is 6.10 Å². The molecule has 1 aliphatic rings. The Kier molecular flexibility index (Phi) is 10.7. The van der Waals surface area contributed by atoms with E-state index in [4.69, 9.17) is 4.74 Å². The summed E-state index contributed by atoms with van der Waals surface area (Å²) in [5.41, 5.74) is 0.435. The third-order valence-electron chi connectivity index (χ3n) is 8.46. The summed E-state index contributed by atoms with van der Waals surface area (Å²) in [7, 11) is -2.22. The van der Waals surface area contributed by atoms with Crippen molar-refractivity contribution in [2.24, 2.45) is 0 Å². The molecule has 7 nitrogen and oxygen atoms in total. The molecular formula is C35H42N2O5P+. The van der Waals surface area contributed by atoms with E-state index in [1.54, 1.807) is 29.1 Å². The van der Waals surface area contributed by atoms with Gasteiger partial charge in [0.25, 0.3) is 0 Å². The topological polar surface area (TPSA) is 103 Å². The van der Waals surface area contributed by atoms with Crippen LogP contribution in [-0.4, -0.2) is 58.9 Å². The molecule has 0 spiro atoms. The number of benzene rings is 3. The first-order valence-corrected chi connectivity index (χ1v) is 17.3. The average Bonchev–Trinajstić information content (AvgIpc) is 3.36. The van der Waals surface area contributed by atoms with Gasteiger partial charge in [0.2, 0.25) is 0 Å². The summed E-state index contributed by atoms with van der Waals surface area (Å²) in [6.45, 7) is 0.170. The molecule has 1 saturated heterocycles. The number of carbonyl (C=O) groups is 1. The quantitative estimate of drug-likeness (QED) is 0.107. The minimum absolute atomic E-state index is 0.204. The number of hydrogen-bond donors (Lipinski definition) is 4. The summed E-state index contributed by atoms with van der Waals surface area (Å²) in [4.78, 5) is 12.9. The average molecular weight is 602 g/mol. The van der Waals surface area contributed by atoms with Gasteiger partial charge in [-0.1, -0.05) is 0 Å². The van der Waals surface area contributed by atoms with E-state index in [-0.39, 0.29) is 5.91 Å². The molecule has 1 amide bonds. The van der Waals surface area contributed by atoms with Crippen molar-refractivity contribution in [2.75, 3.05) is 19.3 Å². The number of unbranched alkanes of at least 4 members (excludes halogenated alkanes) is 3. The SMILES string of the molecule is O=C(NCCCCCC[PH](c1ccccc1)(c1ccccc1)c1ccccc1)c1ccc[n+]([C@@H]2O[C@H](CO)[C@@H](O)[C@H]2O)c1. The molecule has 43 heavy (non-hydrogen) atoms. The number of nitrogens with zero attached hydrogens (tertiary/aromatic N) is 1. The molecule has 1 fully saturated rings. The number of rotatable bonds is 13. The van der Waals surface area contributed by atoms with E-state index >= 15 is 0 Å². The van der Waals surface area contributed by atoms with E-state index in [2.05, 4.69) is 96.3 Å². The molecule has 226 valence electrons. The second-order valence-electron chi connectivity index (χ2n) is 11.2. The second-order valence-corrected chi connectivity index (χ2v) is 15.2. The summed E-state index contributed by atoms with van der Waals surface area (Å²) in [5.74, 6) is -0.204. The predicted octanol–water partition coefficient (Wildman–Crippen LogP) is 2.60. The van der Waals surface area contributed by atoms with Gasteiger partial charge in [-0.3, -0.25) is 0 Å². The van der Waals surface area contributed by atoms with Crippen LogP contribution in [0.25, 0.3) is 0 Å². The van der Waals surface area contributed by atoms with E-state index in [0.717, 1.165) is 31.8 Å². The molecule has 2 heterocycles. The zero-order valence-corrected chi connectivity index (χ0v) is 25.3. The van der Waals surface area contributed by atoms with Gasteiger partial charge in [-0.05, 0) is 0 Å². The van der Waals surface area contributed by atoms with Crippen molar-refractivity contribution < 1.29 is 29.4 Å². The fraction of sp³-hybridized carbons (Fsp3) is 0.314. The Labute approximate surface area is 254 Å². The fourth-order valence-corrected chi connectivity index (χ4v) is 11.1. The normalized spacial score (nSPS) is 20.5. The number of hydrogen-bond acceptors (Lipinski definition) is 5. The van der Waals surface area contributed by atoms with Crippen LogP contribution < -0.4 is 25.8 Å². The van der Waals surface area contributed by atoms with Crippen molar-refractivity contribution in [3.63, 3.8) is 0 Å². The molecule has 5 rings (SSSR count). The van der Waals surface area contributed by atoms with Gasteiger partial charge < -0.3 is 20.1 Å². The van der Waals surface area contributed by atoms with Gasteiger partial charge in [-0.2, -0.15) is 0 Å². The summed E-state index contributed by atoms with van der Waals surface area (Å²) in [6.07, 6.45) is 4.30. The van der Waals surface area contributed by atoms with Crippen LogP contribution in [-0.2, 0) is 4.74 Å². The fourth-order valence-electron chi connectivity index (χ4n) is 6.19. The molecule has 0 aliphatic carbocycles. The van der Waals surface area contributed by atoms with Gasteiger partial charge in [0, 0.05) is 0 Å². The molecule has 0 unspecified atom stereocenters. The van der Waals surface area contributed by atoms with Crippen molar-refractivity contribution in [3.8, 4) is 0 Å². The van der Waals surface area contributed by atoms with Crippen LogP contribution >= 0.6 is 7.26 Å². The van der Waals surface area contributed by atoms with Crippen LogP contribution in [0.5, 0.6) is 0 Å². The van der Waals surface area contributed by atoms with Crippen molar-refractivity contribution in [1.29, 1.82) is 0 Å². The number of ether oxygens (including phenoxy) is 1. The van der Waals surface area contributed by atoms with Crippen molar-refractivity contribution >= 4 is 29.1 Å². The third kappa shape index (κ3) is 7.04. The van der Waals surface area contributed by atoms with Gasteiger partial charge in [-0.15, -0.1) is 0 Å². The Bertz CT molecular complexity index is 1340. The maximum absolute atomic E-state index is 12.9. The van der Waals surface area contributed by atoms with Gasteiger partial charge in [-0.25, -0.2) is 0 Å². The van der Waals surface area contributed by atoms with Crippen molar-refractivity contribution in [1.82, 2.24) is 5.32 Å². The van der Waals surface area contributed by atoms with E-state index in [9.17, 15) is 20.1 Å². The molecule has 0 saturated carbocycles. The second kappa shape index (κ2) is 14.8. The molecule has 1 aliphatic heterocycles. The number of aromatic nitrogens is 1. The Hall–Kier alpha value is -3.45. The number of amides is 1. The maximum atomic E-state index is 12.9. The molecule has 3 aromatic carbocycles. The van der Waals surface area contributed by atoms with Gasteiger partial charge in [0.05, 0.1) is 6.61 Å². The Balaban J connectivity index is 1.17. The van der Waals surface area contributed by atoms with E-state index in [1.165, 1.54) is 15.9 Å². The van der Waals surface area contributed by atoms with Gasteiger partial charge in [0.1, 0.15) is 12.2 Å². The molecule has 4 atom stereocenters. The summed E-state index contributed by atoms with van der Waals surface area (Å²) < 4.78 is 7.14. The number of aliphatic hydroxyl groups excluding tert-OH is 3. The number of nitrogens with one attached hydrogen (secondary N) is 1. The molecule has 0 radical (unpaired) electrons. The van der Waals surface area contributed by atoms with Crippen LogP contribution in [0.1, 0.15) is 42.3 Å². The van der Waals surface area contributed by atoms with E-state index in [1.807, 2.05) is 0 Å². The number of carbonyl (C=O) groups excluding carboxylic acids is 1. The standard InChI is InChI=1S/C35H41N2O5P/c38-26-31-32(39)33(40)35(42-31)37-23-14-15-27(25-37)34(41)36-22-12-1-2-13-24-43(28-16-6-3-7-17-28,29-18-8-4-9-19-29)30-20-10-5-11-21-30/h3-11,14-21,23,25,31-33,35,38-40,43H,1-2,12-13,22,24,26H2/p+1/t31-,32-,33-,35-/m1/s1. The Morgan fingerprint density at radius 1 is 0.744 bits per heavy atom. The van der Waals surface area contributed by atoms with Crippen LogP contribution in [0.2, 0.25) is 0 Å². The van der Waals surface area contributed by atoms with Crippen LogP contribution in [0.4, 0.5) is 0 Å². The van der Waals surface area contributed by atoms with Gasteiger partial charge >= 0.3 is 209 Å². The van der Waals surface area contributed by atoms with Crippen LogP contribution in [0.3, 0.4) is 0 Å². The molecule has 4 N–H and O–H groups in total. The van der Waals surface area contributed by atoms with Crippen LogP contribution in [0, 0.1) is 0 Å². The first-order valence-electron chi connectivity index (χ1n) is 15.1. The monoisotopic (exact) mass is 601 g/mol. The number of pyridine rings is 1. The van der Waals surface area contributed by atoms with Crippen molar-refractivity contribution in [3.05, 3.63) is 121 Å². The molecule has 0 bridgehead atoms. The minimum atomic E-state index is -2.22. The molecule has 4 aromatic rings. The summed E-state index contributed by atoms with van der Waals surface area (Å²) >= 11 is 0. The zero-order chi connectivity index (χ0) is 30.1. The molecule has 8 heteroatoms. The first-order chi connectivity index (χ1) is 21.0. The third-order valence-corrected chi connectivity index (χ3v) is 13.5. The molecular weight excluding hydrogens is 559 g/mol. The Morgan fingerprint density at radius 3 is 1.84 bits per heavy atom. The number of aliphatic hydroxyl groups is 3. The summed E-state index contributed by atoms with van der Waals surface area (Å²) in [5, 5.41) is 37.0. The zero-order valence-electron chi connectivity index (χ0n) is 24.3. The summed E-state index contributed by atoms with van der Waals surface area (Å²) in [6, 6.07) is 36.3. The van der Waals surface area contributed by atoms with E-state index in [0.29, 0.717) is 12.1 Å². The molecule has 1 aromatic heterocycles.